The van der Waals surface area contributed by atoms with Crippen molar-refractivity contribution in [2.75, 3.05) is 0 Å². The fourth-order valence-electron chi connectivity index (χ4n) is 1.47. The van der Waals surface area contributed by atoms with Gasteiger partial charge in [-0.3, -0.25) is 0 Å². The van der Waals surface area contributed by atoms with Gasteiger partial charge in [0.1, 0.15) is 9.96 Å². The molecule has 0 radical (unpaired) electrons. The second-order valence-corrected chi connectivity index (χ2v) is 7.62. The maximum absolute atomic E-state index is 12.0. The molecule has 2 N–H and O–H groups in total. The van der Waals surface area contributed by atoms with E-state index in [4.69, 9.17) is 11.6 Å². The Morgan fingerprint density at radius 3 is 2.63 bits per heavy atom. The van der Waals surface area contributed by atoms with Gasteiger partial charge in [-0.2, -0.15) is 0 Å². The summed E-state index contributed by atoms with van der Waals surface area (Å²) in [7, 11) is -3.60. The van der Waals surface area contributed by atoms with E-state index in [-0.39, 0.29) is 16.5 Å². The second-order valence-electron chi connectivity index (χ2n) is 3.98. The third-order valence-electron chi connectivity index (χ3n) is 2.54. The maximum atomic E-state index is 12.0. The van der Waals surface area contributed by atoms with Gasteiger partial charge in [0.15, 0.2) is 0 Å². The number of aromatic hydroxyl groups is 1. The highest BCUT2D eigenvalue weighted by atomic mass is 35.5. The molecule has 0 aliphatic rings. The summed E-state index contributed by atoms with van der Waals surface area (Å²) in [6.45, 7) is 1.78. The van der Waals surface area contributed by atoms with Gasteiger partial charge in [-0.05, 0) is 24.6 Å². The van der Waals surface area contributed by atoms with Crippen LogP contribution in [0.25, 0.3) is 0 Å². The van der Waals surface area contributed by atoms with E-state index in [1.165, 1.54) is 12.1 Å². The van der Waals surface area contributed by atoms with Gasteiger partial charge in [0.05, 0.1) is 4.34 Å². The minimum Gasteiger partial charge on any atom is -0.508 e. The predicted octanol–water partition coefficient (Wildman–Crippen LogP) is 2.89. The molecular weight excluding hydrogens is 306 g/mol. The normalized spacial score (nSPS) is 11.7. The van der Waals surface area contributed by atoms with E-state index >= 15 is 0 Å². The summed E-state index contributed by atoms with van der Waals surface area (Å²) in [4.78, 5) is 0. The molecule has 0 bridgehead atoms. The van der Waals surface area contributed by atoms with Crippen LogP contribution in [0.15, 0.2) is 34.5 Å². The number of sulfonamides is 1. The van der Waals surface area contributed by atoms with Crippen LogP contribution in [0.1, 0.15) is 11.1 Å². The lowest BCUT2D eigenvalue weighted by atomic mass is 10.2. The molecular formula is C12H12ClNO3S2. The van der Waals surface area contributed by atoms with Crippen molar-refractivity contribution in [2.24, 2.45) is 0 Å². The summed E-state index contributed by atoms with van der Waals surface area (Å²) in [6.07, 6.45) is 0. The predicted molar refractivity (Wildman–Crippen MR) is 76.2 cm³/mol. The summed E-state index contributed by atoms with van der Waals surface area (Å²) in [5.41, 5.74) is 1.25. The first-order valence-corrected chi connectivity index (χ1v) is 8.10. The van der Waals surface area contributed by atoms with Gasteiger partial charge in [-0.15, -0.1) is 11.3 Å². The Balaban J connectivity index is 2.17. The molecule has 0 atom stereocenters. The van der Waals surface area contributed by atoms with Crippen molar-refractivity contribution in [3.05, 3.63) is 45.8 Å². The highest BCUT2D eigenvalue weighted by molar-refractivity contribution is 7.91. The van der Waals surface area contributed by atoms with Crippen molar-refractivity contribution in [3.63, 3.8) is 0 Å². The SMILES string of the molecule is Cc1cc(S(=O)(=O)NCc2ccccc2O)sc1Cl. The van der Waals surface area contributed by atoms with E-state index in [0.717, 1.165) is 16.9 Å². The number of phenolic OH excluding ortho intramolecular Hbond substituents is 1. The van der Waals surface area contributed by atoms with E-state index in [1.807, 2.05) is 0 Å². The molecule has 0 aliphatic heterocycles. The maximum Gasteiger partial charge on any atom is 0.250 e. The number of benzene rings is 1. The average molecular weight is 318 g/mol. The van der Waals surface area contributed by atoms with E-state index < -0.39 is 10.0 Å². The monoisotopic (exact) mass is 317 g/mol. The van der Waals surface area contributed by atoms with Gasteiger partial charge < -0.3 is 5.11 Å². The van der Waals surface area contributed by atoms with Gasteiger partial charge in [0.25, 0.3) is 0 Å². The fourth-order valence-corrected chi connectivity index (χ4v) is 4.23. The van der Waals surface area contributed by atoms with Crippen LogP contribution in [0.4, 0.5) is 0 Å². The molecule has 0 saturated carbocycles. The molecule has 102 valence electrons. The Bertz CT molecular complexity index is 675. The number of hydrogen-bond donors (Lipinski definition) is 2. The molecule has 0 spiro atoms. The van der Waals surface area contributed by atoms with E-state index in [1.54, 1.807) is 25.1 Å². The summed E-state index contributed by atoms with van der Waals surface area (Å²) >= 11 is 6.88. The number of para-hydroxylation sites is 1. The van der Waals surface area contributed by atoms with Crippen LogP contribution in [-0.2, 0) is 16.6 Å². The Kier molecular flexibility index (Phi) is 4.15. The van der Waals surface area contributed by atoms with Crippen molar-refractivity contribution in [1.29, 1.82) is 0 Å². The Morgan fingerprint density at radius 2 is 2.05 bits per heavy atom. The first-order chi connectivity index (χ1) is 8.90. The van der Waals surface area contributed by atoms with Gasteiger partial charge in [-0.25, -0.2) is 13.1 Å². The highest BCUT2D eigenvalue weighted by Gasteiger charge is 2.18. The summed E-state index contributed by atoms with van der Waals surface area (Å²) in [6, 6.07) is 8.10. The molecule has 1 aromatic heterocycles. The number of halogens is 1. The lowest BCUT2D eigenvalue weighted by Crippen LogP contribution is -2.22. The molecule has 1 aromatic carbocycles. The summed E-state index contributed by atoms with van der Waals surface area (Å²) in [5, 5.41) is 9.57. The lowest BCUT2D eigenvalue weighted by Gasteiger charge is -2.06. The zero-order valence-corrected chi connectivity index (χ0v) is 12.4. The number of hydrogen-bond acceptors (Lipinski definition) is 4. The number of thiophene rings is 1. The van der Waals surface area contributed by atoms with E-state index in [9.17, 15) is 13.5 Å². The van der Waals surface area contributed by atoms with Crippen LogP contribution in [0.3, 0.4) is 0 Å². The lowest BCUT2D eigenvalue weighted by molar-refractivity contribution is 0.467. The molecule has 2 aromatic rings. The number of aryl methyl sites for hydroxylation is 1. The van der Waals surface area contributed by atoms with Crippen LogP contribution in [0.5, 0.6) is 5.75 Å². The van der Waals surface area contributed by atoms with Crippen LogP contribution in [0.2, 0.25) is 4.34 Å². The Hall–Kier alpha value is -1.08. The Labute approximate surface area is 120 Å². The average Bonchev–Trinajstić information content (AvgIpc) is 2.70. The van der Waals surface area contributed by atoms with E-state index in [0.29, 0.717) is 9.90 Å². The third-order valence-corrected chi connectivity index (χ3v) is 5.97. The van der Waals surface area contributed by atoms with Crippen LogP contribution >= 0.6 is 22.9 Å². The summed E-state index contributed by atoms with van der Waals surface area (Å²) < 4.78 is 27.2. The quantitative estimate of drug-likeness (QED) is 0.911. The zero-order chi connectivity index (χ0) is 14.0. The number of nitrogens with one attached hydrogen (secondary N) is 1. The van der Waals surface area contributed by atoms with Gasteiger partial charge in [-0.1, -0.05) is 29.8 Å². The minimum absolute atomic E-state index is 0.0313. The molecule has 0 unspecified atom stereocenters. The number of rotatable bonds is 4. The first kappa shape index (κ1) is 14.3. The van der Waals surface area contributed by atoms with Crippen LogP contribution < -0.4 is 4.72 Å². The molecule has 0 saturated heterocycles. The number of phenols is 1. The second kappa shape index (κ2) is 5.50. The first-order valence-electron chi connectivity index (χ1n) is 5.42. The molecule has 7 heteroatoms. The standard InChI is InChI=1S/C12H12ClNO3S2/c1-8-6-11(18-12(8)13)19(16,17)14-7-9-4-2-3-5-10(9)15/h2-6,14-15H,7H2,1H3. The molecule has 4 nitrogen and oxygen atoms in total. The molecule has 0 fully saturated rings. The van der Waals surface area contributed by atoms with Crippen LogP contribution in [-0.4, -0.2) is 13.5 Å². The largest absolute Gasteiger partial charge is 0.508 e. The smallest absolute Gasteiger partial charge is 0.250 e. The van der Waals surface area contributed by atoms with Crippen molar-refractivity contribution < 1.29 is 13.5 Å². The van der Waals surface area contributed by atoms with Crippen molar-refractivity contribution >= 4 is 33.0 Å². The third kappa shape index (κ3) is 3.27. The van der Waals surface area contributed by atoms with Gasteiger partial charge in [0.2, 0.25) is 10.0 Å². The molecule has 1 heterocycles. The zero-order valence-electron chi connectivity index (χ0n) is 10.1. The molecule has 19 heavy (non-hydrogen) atoms. The van der Waals surface area contributed by atoms with E-state index in [2.05, 4.69) is 4.72 Å². The highest BCUT2D eigenvalue weighted by Crippen LogP contribution is 2.30. The molecule has 0 amide bonds. The van der Waals surface area contributed by atoms with Gasteiger partial charge >= 0.3 is 0 Å². The van der Waals surface area contributed by atoms with Gasteiger partial charge in [0, 0.05) is 12.1 Å². The van der Waals surface area contributed by atoms with Crippen molar-refractivity contribution in [2.45, 2.75) is 17.7 Å². The van der Waals surface area contributed by atoms with Crippen molar-refractivity contribution in [1.82, 2.24) is 4.72 Å². The summed E-state index contributed by atoms with van der Waals surface area (Å²) in [5.74, 6) is 0.0607. The minimum atomic E-state index is -3.60. The molecule has 0 aliphatic carbocycles. The van der Waals surface area contributed by atoms with Crippen molar-refractivity contribution in [3.8, 4) is 5.75 Å². The van der Waals surface area contributed by atoms with Crippen LogP contribution in [0, 0.1) is 6.92 Å². The Morgan fingerprint density at radius 1 is 1.37 bits per heavy atom. The molecule has 2 rings (SSSR count). The topological polar surface area (TPSA) is 66.4 Å². The fraction of sp³-hybridized carbons (Fsp3) is 0.167.